The van der Waals surface area contributed by atoms with Gasteiger partial charge in [-0.05, 0) is 86.1 Å². The summed E-state index contributed by atoms with van der Waals surface area (Å²) < 4.78 is 11.4. The summed E-state index contributed by atoms with van der Waals surface area (Å²) in [6.45, 7) is 5.92. The summed E-state index contributed by atoms with van der Waals surface area (Å²) in [7, 11) is 0. The second kappa shape index (κ2) is 9.20. The number of thiocarbonyl (C=S) groups is 1. The molecule has 3 aromatic carbocycles. The zero-order chi connectivity index (χ0) is 22.7. The summed E-state index contributed by atoms with van der Waals surface area (Å²) in [5, 5.41) is 5.80. The number of benzene rings is 3. The topological polar surface area (TPSA) is 76.4 Å². The van der Waals surface area contributed by atoms with Crippen molar-refractivity contribution in [1.29, 1.82) is 0 Å². The van der Waals surface area contributed by atoms with Crippen molar-refractivity contribution in [3.63, 3.8) is 0 Å². The van der Waals surface area contributed by atoms with Crippen LogP contribution in [0.1, 0.15) is 16.7 Å². The third-order valence-electron chi connectivity index (χ3n) is 5.10. The molecule has 0 fully saturated rings. The van der Waals surface area contributed by atoms with Crippen molar-refractivity contribution in [2.45, 2.75) is 20.8 Å². The van der Waals surface area contributed by atoms with Crippen LogP contribution in [0.25, 0.3) is 22.6 Å². The number of aryl methyl sites for hydroxylation is 3. The van der Waals surface area contributed by atoms with E-state index in [0.29, 0.717) is 28.4 Å². The number of amides is 1. The Hall–Kier alpha value is -3.71. The number of hydrogen-bond acceptors (Lipinski definition) is 5. The highest BCUT2D eigenvalue weighted by Gasteiger charge is 2.11. The third-order valence-corrected chi connectivity index (χ3v) is 5.31. The van der Waals surface area contributed by atoms with Gasteiger partial charge >= 0.3 is 0 Å². The fourth-order valence-corrected chi connectivity index (χ4v) is 3.42. The Balaban J connectivity index is 1.39. The van der Waals surface area contributed by atoms with E-state index in [-0.39, 0.29) is 17.6 Å². The molecule has 6 nitrogen and oxygen atoms in total. The number of hydrogen-bond donors (Lipinski definition) is 2. The van der Waals surface area contributed by atoms with Gasteiger partial charge in [0.2, 0.25) is 5.89 Å². The highest BCUT2D eigenvalue weighted by Crippen LogP contribution is 2.27. The van der Waals surface area contributed by atoms with Crippen LogP contribution in [-0.4, -0.2) is 22.6 Å². The predicted octanol–water partition coefficient (Wildman–Crippen LogP) is 5.31. The molecule has 0 bridgehead atoms. The maximum Gasteiger partial charge on any atom is 0.264 e. The van der Waals surface area contributed by atoms with E-state index in [1.807, 2.05) is 55.5 Å². The lowest BCUT2D eigenvalue weighted by molar-refractivity contribution is -0.121. The standard InChI is InChI=1S/C25H23N3O3S/c1-15-8-9-18(12-17(15)3)24-27-20-13-19(10-11-22(20)31-24)26-25(32)28-23(29)14-30-21-7-5-4-6-16(21)2/h4-13H,14H2,1-3H3,(H2,26,28,29,32). The second-order valence-electron chi connectivity index (χ2n) is 7.56. The first kappa shape index (κ1) is 21.5. The van der Waals surface area contributed by atoms with Crippen molar-refractivity contribution in [2.75, 3.05) is 11.9 Å². The zero-order valence-electron chi connectivity index (χ0n) is 18.1. The van der Waals surface area contributed by atoms with Crippen LogP contribution in [0.3, 0.4) is 0 Å². The minimum Gasteiger partial charge on any atom is -0.483 e. The lowest BCUT2D eigenvalue weighted by Crippen LogP contribution is -2.37. The smallest absolute Gasteiger partial charge is 0.264 e. The molecule has 0 aliphatic rings. The zero-order valence-corrected chi connectivity index (χ0v) is 18.9. The van der Waals surface area contributed by atoms with Gasteiger partial charge in [-0.3, -0.25) is 10.1 Å². The average molecular weight is 446 g/mol. The van der Waals surface area contributed by atoms with Crippen molar-refractivity contribution in [3.8, 4) is 17.2 Å². The number of para-hydroxylation sites is 1. The Morgan fingerprint density at radius 1 is 1.00 bits per heavy atom. The van der Waals surface area contributed by atoms with Crippen LogP contribution in [0, 0.1) is 20.8 Å². The van der Waals surface area contributed by atoms with Gasteiger partial charge in [-0.25, -0.2) is 4.98 Å². The van der Waals surface area contributed by atoms with Crippen LogP contribution < -0.4 is 15.4 Å². The van der Waals surface area contributed by atoms with Gasteiger partial charge in [-0.2, -0.15) is 0 Å². The normalized spacial score (nSPS) is 10.7. The molecule has 4 aromatic rings. The van der Waals surface area contributed by atoms with Gasteiger partial charge in [-0.1, -0.05) is 24.3 Å². The van der Waals surface area contributed by atoms with Crippen LogP contribution in [0.4, 0.5) is 5.69 Å². The van der Waals surface area contributed by atoms with Crippen LogP contribution in [-0.2, 0) is 4.79 Å². The molecule has 0 unspecified atom stereocenters. The van der Waals surface area contributed by atoms with Crippen LogP contribution in [0.2, 0.25) is 0 Å². The number of fused-ring (bicyclic) bond motifs is 1. The number of anilines is 1. The summed E-state index contributed by atoms with van der Waals surface area (Å²) in [5.74, 6) is 0.882. The van der Waals surface area contributed by atoms with Crippen molar-refractivity contribution in [3.05, 3.63) is 77.4 Å². The number of carbonyl (C=O) groups excluding carboxylic acids is 1. The molecule has 0 aliphatic carbocycles. The quantitative estimate of drug-likeness (QED) is 0.405. The van der Waals surface area contributed by atoms with E-state index < -0.39 is 0 Å². The van der Waals surface area contributed by atoms with Gasteiger partial charge in [0.25, 0.3) is 5.91 Å². The van der Waals surface area contributed by atoms with E-state index in [0.717, 1.165) is 11.1 Å². The maximum absolute atomic E-state index is 12.2. The Kier molecular flexibility index (Phi) is 6.18. The Morgan fingerprint density at radius 2 is 1.81 bits per heavy atom. The number of carbonyl (C=O) groups is 1. The number of aromatic nitrogens is 1. The van der Waals surface area contributed by atoms with E-state index in [2.05, 4.69) is 41.6 Å². The number of ether oxygens (including phenoxy) is 1. The number of oxazole rings is 1. The van der Waals surface area contributed by atoms with Gasteiger partial charge in [0, 0.05) is 11.3 Å². The molecular weight excluding hydrogens is 422 g/mol. The van der Waals surface area contributed by atoms with Crippen molar-refractivity contribution >= 4 is 40.0 Å². The molecule has 1 aromatic heterocycles. The molecule has 1 amide bonds. The molecule has 0 saturated carbocycles. The molecule has 162 valence electrons. The molecule has 32 heavy (non-hydrogen) atoms. The predicted molar refractivity (Wildman–Crippen MR) is 130 cm³/mol. The van der Waals surface area contributed by atoms with Gasteiger partial charge in [0.15, 0.2) is 17.3 Å². The van der Waals surface area contributed by atoms with E-state index >= 15 is 0 Å². The van der Waals surface area contributed by atoms with E-state index in [1.54, 1.807) is 0 Å². The molecule has 4 rings (SSSR count). The molecule has 0 spiro atoms. The fourth-order valence-electron chi connectivity index (χ4n) is 3.19. The number of nitrogens with zero attached hydrogens (tertiary/aromatic N) is 1. The molecule has 1 heterocycles. The SMILES string of the molecule is Cc1ccc(-c2nc3cc(NC(=S)NC(=O)COc4ccccc4C)ccc3o2)cc1C. The summed E-state index contributed by atoms with van der Waals surface area (Å²) in [6, 6.07) is 19.1. The van der Waals surface area contributed by atoms with Crippen molar-refractivity contribution in [2.24, 2.45) is 0 Å². The largest absolute Gasteiger partial charge is 0.483 e. The summed E-state index contributed by atoms with van der Waals surface area (Å²) in [4.78, 5) is 16.8. The van der Waals surface area contributed by atoms with Crippen LogP contribution >= 0.6 is 12.2 Å². The lowest BCUT2D eigenvalue weighted by atomic mass is 10.1. The lowest BCUT2D eigenvalue weighted by Gasteiger charge is -2.11. The van der Waals surface area contributed by atoms with Crippen LogP contribution in [0.15, 0.2) is 65.1 Å². The fraction of sp³-hybridized carbons (Fsp3) is 0.160. The maximum atomic E-state index is 12.2. The average Bonchev–Trinajstić information content (AvgIpc) is 3.18. The van der Waals surface area contributed by atoms with E-state index in [1.165, 1.54) is 11.1 Å². The summed E-state index contributed by atoms with van der Waals surface area (Å²) >= 11 is 5.26. The third kappa shape index (κ3) is 4.95. The van der Waals surface area contributed by atoms with E-state index in [9.17, 15) is 4.79 Å². The Morgan fingerprint density at radius 3 is 2.59 bits per heavy atom. The molecule has 7 heteroatoms. The van der Waals surface area contributed by atoms with Gasteiger partial charge in [-0.15, -0.1) is 0 Å². The first-order valence-electron chi connectivity index (χ1n) is 10.2. The minimum atomic E-state index is -0.342. The van der Waals surface area contributed by atoms with Crippen molar-refractivity contribution < 1.29 is 13.9 Å². The molecule has 0 aliphatic heterocycles. The first-order chi connectivity index (χ1) is 15.4. The number of nitrogens with one attached hydrogen (secondary N) is 2. The Bertz CT molecular complexity index is 1310. The van der Waals surface area contributed by atoms with E-state index in [4.69, 9.17) is 21.4 Å². The summed E-state index contributed by atoms with van der Waals surface area (Å²) in [5.41, 5.74) is 6.35. The van der Waals surface area contributed by atoms with Gasteiger partial charge < -0.3 is 14.5 Å². The first-order valence-corrected chi connectivity index (χ1v) is 10.6. The monoisotopic (exact) mass is 445 g/mol. The minimum absolute atomic E-state index is 0.131. The molecule has 0 radical (unpaired) electrons. The molecule has 0 saturated heterocycles. The molecular formula is C25H23N3O3S. The summed E-state index contributed by atoms with van der Waals surface area (Å²) in [6.07, 6.45) is 0. The highest BCUT2D eigenvalue weighted by molar-refractivity contribution is 7.80. The molecule has 0 atom stereocenters. The van der Waals surface area contributed by atoms with Crippen LogP contribution in [0.5, 0.6) is 5.75 Å². The van der Waals surface area contributed by atoms with Gasteiger partial charge in [0.05, 0.1) is 0 Å². The van der Waals surface area contributed by atoms with Gasteiger partial charge in [0.1, 0.15) is 11.3 Å². The highest BCUT2D eigenvalue weighted by atomic mass is 32.1. The number of rotatable bonds is 5. The van der Waals surface area contributed by atoms with Crippen molar-refractivity contribution in [1.82, 2.24) is 10.3 Å². The second-order valence-corrected chi connectivity index (χ2v) is 7.97. The Labute approximate surface area is 191 Å². The molecule has 2 N–H and O–H groups in total.